The molecule has 0 aromatic heterocycles. The lowest BCUT2D eigenvalue weighted by atomic mass is 10.1. The number of benzene rings is 1. The predicted octanol–water partition coefficient (Wildman–Crippen LogP) is 2.12. The van der Waals surface area contributed by atoms with Crippen molar-refractivity contribution >= 4 is 29.2 Å². The van der Waals surface area contributed by atoms with Gasteiger partial charge in [-0.15, -0.1) is 5.06 Å². The van der Waals surface area contributed by atoms with Gasteiger partial charge in [0.05, 0.1) is 10.5 Å². The van der Waals surface area contributed by atoms with E-state index in [4.69, 9.17) is 4.84 Å². The number of nitro groups is 1. The number of hydrogen-bond donors (Lipinski definition) is 1. The minimum atomic E-state index is -1.10. The van der Waals surface area contributed by atoms with Gasteiger partial charge in [0.1, 0.15) is 5.76 Å². The highest BCUT2D eigenvalue weighted by Crippen LogP contribution is 2.23. The van der Waals surface area contributed by atoms with Crippen molar-refractivity contribution in [3.63, 3.8) is 0 Å². The molecule has 0 saturated carbocycles. The maximum absolute atomic E-state index is 12.1. The minimum absolute atomic E-state index is 0.0528. The number of nitro benzene ring substituents is 1. The van der Waals surface area contributed by atoms with Crippen molar-refractivity contribution in [2.75, 3.05) is 0 Å². The average molecular weight is 334 g/mol. The van der Waals surface area contributed by atoms with Crippen LogP contribution < -0.4 is 0 Å². The van der Waals surface area contributed by atoms with Gasteiger partial charge in [-0.1, -0.05) is 6.92 Å². The lowest BCUT2D eigenvalue weighted by Crippen LogP contribution is -2.32. The highest BCUT2D eigenvalue weighted by atomic mass is 16.7. The summed E-state index contributed by atoms with van der Waals surface area (Å²) in [5.41, 5.74) is -0.644. The molecular weight excluding hydrogens is 320 g/mol. The van der Waals surface area contributed by atoms with Crippen LogP contribution in [-0.2, 0) is 14.4 Å². The number of aliphatic hydroxyl groups is 1. The standard InChI is InChI=1S/C15H14N2O7/c1-2-3-12(18)9-6-10(8-11(7-9)17(22)23)15(21)24-16-13(19)4-5-14(16)20/h3,6-8,18H,2,4-5H2,1H3/b12-3-. The fourth-order valence-electron chi connectivity index (χ4n) is 2.09. The molecule has 9 nitrogen and oxygen atoms in total. The largest absolute Gasteiger partial charge is 0.508 e. The van der Waals surface area contributed by atoms with Crippen molar-refractivity contribution in [3.8, 4) is 0 Å². The second kappa shape index (κ2) is 6.90. The van der Waals surface area contributed by atoms with E-state index in [2.05, 4.69) is 0 Å². The maximum atomic E-state index is 12.1. The topological polar surface area (TPSA) is 127 Å². The first-order valence-corrected chi connectivity index (χ1v) is 7.10. The first-order chi connectivity index (χ1) is 11.3. The van der Waals surface area contributed by atoms with E-state index in [0.29, 0.717) is 11.5 Å². The first kappa shape index (κ1) is 17.1. The third-order valence-corrected chi connectivity index (χ3v) is 3.24. The molecule has 9 heteroatoms. The van der Waals surface area contributed by atoms with Gasteiger partial charge in [0.2, 0.25) is 0 Å². The highest BCUT2D eigenvalue weighted by molar-refractivity contribution is 6.03. The van der Waals surface area contributed by atoms with Gasteiger partial charge in [0, 0.05) is 30.5 Å². The number of hydrogen-bond acceptors (Lipinski definition) is 7. The number of aliphatic hydroxyl groups excluding tert-OH is 1. The zero-order valence-electron chi connectivity index (χ0n) is 12.7. The smallest absolute Gasteiger partial charge is 0.364 e. The maximum Gasteiger partial charge on any atom is 0.364 e. The molecule has 2 amide bonds. The summed E-state index contributed by atoms with van der Waals surface area (Å²) in [6.07, 6.45) is 1.77. The number of allylic oxidation sites excluding steroid dienone is 1. The lowest BCUT2D eigenvalue weighted by molar-refractivity contribution is -0.384. The number of non-ortho nitro benzene ring substituents is 1. The summed E-state index contributed by atoms with van der Waals surface area (Å²) in [7, 11) is 0. The molecule has 0 unspecified atom stereocenters. The van der Waals surface area contributed by atoms with Crippen LogP contribution in [0.1, 0.15) is 42.1 Å². The molecule has 2 rings (SSSR count). The summed E-state index contributed by atoms with van der Waals surface area (Å²) < 4.78 is 0. The van der Waals surface area contributed by atoms with Crippen molar-refractivity contribution in [1.82, 2.24) is 5.06 Å². The van der Waals surface area contributed by atoms with Crippen LogP contribution in [0.4, 0.5) is 5.69 Å². The molecule has 1 fully saturated rings. The zero-order chi connectivity index (χ0) is 17.9. The number of amides is 2. The summed E-state index contributed by atoms with van der Waals surface area (Å²) >= 11 is 0. The van der Waals surface area contributed by atoms with Crippen LogP contribution in [0.2, 0.25) is 0 Å². The Morgan fingerprint density at radius 1 is 1.29 bits per heavy atom. The molecule has 0 aliphatic carbocycles. The number of imide groups is 1. The fourth-order valence-corrected chi connectivity index (χ4v) is 2.09. The van der Waals surface area contributed by atoms with Crippen molar-refractivity contribution < 1.29 is 29.3 Å². The fraction of sp³-hybridized carbons (Fsp3) is 0.267. The number of nitrogens with zero attached hydrogens (tertiary/aromatic N) is 2. The summed E-state index contributed by atoms with van der Waals surface area (Å²) in [6, 6.07) is 3.22. The molecule has 1 aromatic carbocycles. The van der Waals surface area contributed by atoms with Crippen LogP contribution in [0.3, 0.4) is 0 Å². The molecule has 126 valence electrons. The molecule has 24 heavy (non-hydrogen) atoms. The van der Waals surface area contributed by atoms with Crippen molar-refractivity contribution in [2.45, 2.75) is 26.2 Å². The second-order valence-electron chi connectivity index (χ2n) is 4.98. The number of rotatable bonds is 5. The molecule has 0 atom stereocenters. The van der Waals surface area contributed by atoms with Gasteiger partial charge >= 0.3 is 5.97 Å². The quantitative estimate of drug-likeness (QED) is 0.378. The third kappa shape index (κ3) is 3.57. The van der Waals surface area contributed by atoms with E-state index < -0.39 is 28.4 Å². The average Bonchev–Trinajstić information content (AvgIpc) is 2.86. The molecule has 0 radical (unpaired) electrons. The van der Waals surface area contributed by atoms with Gasteiger partial charge in [0.15, 0.2) is 0 Å². The van der Waals surface area contributed by atoms with Crippen LogP contribution in [0.25, 0.3) is 5.76 Å². The Morgan fingerprint density at radius 2 is 1.88 bits per heavy atom. The molecule has 1 heterocycles. The molecular formula is C15H14N2O7. The van der Waals surface area contributed by atoms with Gasteiger partial charge in [-0.05, 0) is 18.6 Å². The van der Waals surface area contributed by atoms with E-state index in [1.807, 2.05) is 0 Å². The summed E-state index contributed by atoms with van der Waals surface area (Å²) in [5.74, 6) is -2.66. The Labute approximate surface area is 136 Å². The van der Waals surface area contributed by atoms with Crippen molar-refractivity contribution in [2.24, 2.45) is 0 Å². The molecule has 1 aromatic rings. The van der Waals surface area contributed by atoms with E-state index in [0.717, 1.165) is 12.1 Å². The highest BCUT2D eigenvalue weighted by Gasteiger charge is 2.33. The van der Waals surface area contributed by atoms with Gasteiger partial charge in [-0.25, -0.2) is 4.79 Å². The molecule has 0 bridgehead atoms. The van der Waals surface area contributed by atoms with Gasteiger partial charge in [-0.2, -0.15) is 0 Å². The molecule has 1 aliphatic rings. The van der Waals surface area contributed by atoms with Crippen LogP contribution in [0.15, 0.2) is 24.3 Å². The van der Waals surface area contributed by atoms with Crippen LogP contribution in [-0.4, -0.2) is 32.9 Å². The van der Waals surface area contributed by atoms with Crippen LogP contribution >= 0.6 is 0 Å². The summed E-state index contributed by atoms with van der Waals surface area (Å²) in [6.45, 7) is 1.76. The van der Waals surface area contributed by atoms with Crippen molar-refractivity contribution in [1.29, 1.82) is 0 Å². The van der Waals surface area contributed by atoms with Gasteiger partial charge < -0.3 is 9.94 Å². The lowest BCUT2D eigenvalue weighted by Gasteiger charge is -2.13. The zero-order valence-corrected chi connectivity index (χ0v) is 12.7. The Kier molecular flexibility index (Phi) is 4.93. The molecule has 1 aliphatic heterocycles. The predicted molar refractivity (Wildman–Crippen MR) is 80.5 cm³/mol. The number of carbonyl (C=O) groups excluding carboxylic acids is 3. The number of hydroxylamine groups is 2. The van der Waals surface area contributed by atoms with E-state index in [1.54, 1.807) is 6.92 Å². The van der Waals surface area contributed by atoms with Crippen LogP contribution in [0.5, 0.6) is 0 Å². The molecule has 1 saturated heterocycles. The monoisotopic (exact) mass is 334 g/mol. The molecule has 0 spiro atoms. The molecule has 1 N–H and O–H groups in total. The van der Waals surface area contributed by atoms with E-state index in [1.165, 1.54) is 12.1 Å². The van der Waals surface area contributed by atoms with Gasteiger partial charge in [0.25, 0.3) is 17.5 Å². The number of carbonyl (C=O) groups is 3. The van der Waals surface area contributed by atoms with Crippen LogP contribution in [0, 0.1) is 10.1 Å². The Balaban J connectivity index is 2.36. The minimum Gasteiger partial charge on any atom is -0.508 e. The Bertz CT molecular complexity index is 738. The van der Waals surface area contributed by atoms with Gasteiger partial charge in [-0.3, -0.25) is 19.7 Å². The van der Waals surface area contributed by atoms with Crippen molar-refractivity contribution in [3.05, 3.63) is 45.5 Å². The summed E-state index contributed by atoms with van der Waals surface area (Å²) in [5, 5.41) is 21.2. The Morgan fingerprint density at radius 3 is 2.42 bits per heavy atom. The van der Waals surface area contributed by atoms with E-state index in [-0.39, 0.29) is 29.7 Å². The first-order valence-electron chi connectivity index (χ1n) is 7.10. The van der Waals surface area contributed by atoms with E-state index >= 15 is 0 Å². The second-order valence-corrected chi connectivity index (χ2v) is 4.98. The third-order valence-electron chi connectivity index (χ3n) is 3.24. The van der Waals surface area contributed by atoms with E-state index in [9.17, 15) is 29.6 Å². The summed E-state index contributed by atoms with van der Waals surface area (Å²) in [4.78, 5) is 50.0. The SMILES string of the molecule is CC/C=C(\O)c1cc(C(=O)ON2C(=O)CCC2=O)cc([N+](=O)[O-])c1. The normalized spacial score (nSPS) is 14.9. The Hall–Kier alpha value is -3.23.